The van der Waals surface area contributed by atoms with Crippen molar-refractivity contribution in [2.24, 2.45) is 0 Å². The van der Waals surface area contributed by atoms with Crippen LogP contribution in [0.5, 0.6) is 0 Å². The molecule has 2 saturated heterocycles. The predicted octanol–water partition coefficient (Wildman–Crippen LogP) is 0.320. The third kappa shape index (κ3) is 5.03. The minimum atomic E-state index is -0.528. The van der Waals surface area contributed by atoms with Gasteiger partial charge in [-0.2, -0.15) is 0 Å². The zero-order valence-electron chi connectivity index (χ0n) is 12.6. The van der Waals surface area contributed by atoms with Gasteiger partial charge in [-0.15, -0.1) is 0 Å². The Kier molecular flexibility index (Phi) is 5.69. The summed E-state index contributed by atoms with van der Waals surface area (Å²) in [5.74, 6) is -0.749. The zero-order valence-corrected chi connectivity index (χ0v) is 12.6. The number of nitrogens with zero attached hydrogens (tertiary/aromatic N) is 1. The lowest BCUT2D eigenvalue weighted by Crippen LogP contribution is -2.32. The van der Waals surface area contributed by atoms with E-state index < -0.39 is 5.79 Å². The summed E-state index contributed by atoms with van der Waals surface area (Å²) in [6.07, 6.45) is 0.601. The number of likely N-dealkylation sites (tertiary alicyclic amines) is 1. The molecule has 0 aliphatic carbocycles. The SMILES string of the molecule is CC1(C)OCC(COCCOCCN2C(=O)CCC2=O)O1. The number of hydrogen-bond donors (Lipinski definition) is 0. The van der Waals surface area contributed by atoms with Crippen molar-refractivity contribution in [2.45, 2.75) is 38.6 Å². The van der Waals surface area contributed by atoms with Gasteiger partial charge in [0.1, 0.15) is 6.10 Å². The second-order valence-corrected chi connectivity index (χ2v) is 5.58. The van der Waals surface area contributed by atoms with Crippen LogP contribution in [-0.2, 0) is 28.5 Å². The minimum Gasteiger partial charge on any atom is -0.377 e. The molecule has 0 aromatic rings. The van der Waals surface area contributed by atoms with Crippen molar-refractivity contribution in [2.75, 3.05) is 39.6 Å². The molecule has 120 valence electrons. The Morgan fingerprint density at radius 3 is 2.43 bits per heavy atom. The van der Waals surface area contributed by atoms with Gasteiger partial charge in [0.15, 0.2) is 5.79 Å². The average Bonchev–Trinajstić information content (AvgIpc) is 2.93. The second kappa shape index (κ2) is 7.31. The van der Waals surface area contributed by atoms with Gasteiger partial charge < -0.3 is 18.9 Å². The summed E-state index contributed by atoms with van der Waals surface area (Å²) in [6, 6.07) is 0. The van der Waals surface area contributed by atoms with Crippen molar-refractivity contribution >= 4 is 11.8 Å². The van der Waals surface area contributed by atoms with Crippen LogP contribution in [-0.4, -0.2) is 68.2 Å². The van der Waals surface area contributed by atoms with Crippen LogP contribution in [0.1, 0.15) is 26.7 Å². The Morgan fingerprint density at radius 1 is 1.14 bits per heavy atom. The number of rotatable bonds is 8. The van der Waals surface area contributed by atoms with Gasteiger partial charge in [0.25, 0.3) is 0 Å². The number of carbonyl (C=O) groups is 2. The Labute approximate surface area is 124 Å². The normalized spacial score (nSPS) is 25.0. The van der Waals surface area contributed by atoms with Crippen LogP contribution in [0.25, 0.3) is 0 Å². The van der Waals surface area contributed by atoms with Gasteiger partial charge in [-0.25, -0.2) is 0 Å². The first-order chi connectivity index (χ1) is 9.98. The van der Waals surface area contributed by atoms with Crippen LogP contribution in [0, 0.1) is 0 Å². The van der Waals surface area contributed by atoms with E-state index in [1.54, 1.807) is 0 Å². The standard InChI is InChI=1S/C14H23NO6/c1-14(2)20-10-11(21-14)9-19-8-7-18-6-5-15-12(16)3-4-13(15)17/h11H,3-10H2,1-2H3. The first-order valence-electron chi connectivity index (χ1n) is 7.28. The molecule has 0 radical (unpaired) electrons. The number of imide groups is 1. The quantitative estimate of drug-likeness (QED) is 0.475. The fourth-order valence-corrected chi connectivity index (χ4v) is 2.31. The minimum absolute atomic E-state index is 0.0418. The van der Waals surface area contributed by atoms with Crippen molar-refractivity contribution < 1.29 is 28.5 Å². The molecule has 2 fully saturated rings. The lowest BCUT2D eigenvalue weighted by Gasteiger charge is -2.17. The molecule has 0 aromatic heterocycles. The van der Waals surface area contributed by atoms with Gasteiger partial charge in [0, 0.05) is 12.8 Å². The van der Waals surface area contributed by atoms with E-state index >= 15 is 0 Å². The second-order valence-electron chi connectivity index (χ2n) is 5.58. The van der Waals surface area contributed by atoms with E-state index in [4.69, 9.17) is 18.9 Å². The first-order valence-corrected chi connectivity index (χ1v) is 7.28. The van der Waals surface area contributed by atoms with Crippen molar-refractivity contribution in [1.82, 2.24) is 4.90 Å². The average molecular weight is 301 g/mol. The highest BCUT2D eigenvalue weighted by molar-refractivity contribution is 6.01. The maximum atomic E-state index is 11.3. The fraction of sp³-hybridized carbons (Fsp3) is 0.857. The molecule has 2 amide bonds. The maximum absolute atomic E-state index is 11.3. The zero-order chi connectivity index (χ0) is 15.3. The van der Waals surface area contributed by atoms with E-state index in [2.05, 4.69) is 0 Å². The Bertz CT molecular complexity index is 368. The first kappa shape index (κ1) is 16.4. The highest BCUT2D eigenvalue weighted by Crippen LogP contribution is 2.22. The van der Waals surface area contributed by atoms with E-state index in [-0.39, 0.29) is 17.9 Å². The number of carbonyl (C=O) groups excluding carboxylic acids is 2. The molecule has 0 saturated carbocycles. The smallest absolute Gasteiger partial charge is 0.229 e. The summed E-state index contributed by atoms with van der Waals surface area (Å²) in [4.78, 5) is 24.0. The topological polar surface area (TPSA) is 74.3 Å². The van der Waals surface area contributed by atoms with Crippen LogP contribution in [0.2, 0.25) is 0 Å². The molecule has 0 N–H and O–H groups in total. The largest absolute Gasteiger partial charge is 0.377 e. The number of ether oxygens (including phenoxy) is 4. The van der Waals surface area contributed by atoms with Crippen molar-refractivity contribution in [1.29, 1.82) is 0 Å². The maximum Gasteiger partial charge on any atom is 0.229 e. The van der Waals surface area contributed by atoms with E-state index in [0.29, 0.717) is 52.4 Å². The lowest BCUT2D eigenvalue weighted by molar-refractivity contribution is -0.146. The molecule has 0 bridgehead atoms. The Morgan fingerprint density at radius 2 is 1.81 bits per heavy atom. The fourth-order valence-electron chi connectivity index (χ4n) is 2.31. The molecule has 21 heavy (non-hydrogen) atoms. The highest BCUT2D eigenvalue weighted by atomic mass is 16.7. The number of amides is 2. The Hall–Kier alpha value is -1.02. The molecule has 0 aromatic carbocycles. The van der Waals surface area contributed by atoms with Gasteiger partial charge in [-0.05, 0) is 13.8 Å². The van der Waals surface area contributed by atoms with Crippen molar-refractivity contribution in [3.63, 3.8) is 0 Å². The van der Waals surface area contributed by atoms with Crippen LogP contribution in [0.3, 0.4) is 0 Å². The number of hydrogen-bond acceptors (Lipinski definition) is 6. The predicted molar refractivity (Wildman–Crippen MR) is 72.5 cm³/mol. The lowest BCUT2D eigenvalue weighted by atomic mass is 10.4. The molecule has 2 aliphatic rings. The van der Waals surface area contributed by atoms with Crippen LogP contribution >= 0.6 is 0 Å². The molecule has 2 rings (SSSR count). The molecule has 0 spiro atoms. The third-order valence-corrected chi connectivity index (χ3v) is 3.36. The van der Waals surface area contributed by atoms with Gasteiger partial charge in [-0.1, -0.05) is 0 Å². The van der Waals surface area contributed by atoms with Crippen LogP contribution in [0.15, 0.2) is 0 Å². The van der Waals surface area contributed by atoms with E-state index in [1.165, 1.54) is 4.90 Å². The molecule has 1 unspecified atom stereocenters. The monoisotopic (exact) mass is 301 g/mol. The van der Waals surface area contributed by atoms with Crippen LogP contribution < -0.4 is 0 Å². The molecule has 2 heterocycles. The summed E-state index contributed by atoms with van der Waals surface area (Å²) in [5, 5.41) is 0. The molecular weight excluding hydrogens is 278 g/mol. The summed E-state index contributed by atoms with van der Waals surface area (Å²) >= 11 is 0. The summed E-state index contributed by atoms with van der Waals surface area (Å²) in [6.45, 7) is 6.29. The van der Waals surface area contributed by atoms with Crippen LogP contribution in [0.4, 0.5) is 0 Å². The van der Waals surface area contributed by atoms with Gasteiger partial charge >= 0.3 is 0 Å². The van der Waals surface area contributed by atoms with Gasteiger partial charge in [0.05, 0.1) is 39.6 Å². The van der Waals surface area contributed by atoms with E-state index in [0.717, 1.165) is 0 Å². The van der Waals surface area contributed by atoms with E-state index in [9.17, 15) is 9.59 Å². The summed E-state index contributed by atoms with van der Waals surface area (Å²) in [5.41, 5.74) is 0. The molecule has 7 nitrogen and oxygen atoms in total. The van der Waals surface area contributed by atoms with Gasteiger partial charge in [0.2, 0.25) is 11.8 Å². The van der Waals surface area contributed by atoms with E-state index in [1.807, 2.05) is 13.8 Å². The summed E-state index contributed by atoms with van der Waals surface area (Å²) in [7, 11) is 0. The molecule has 1 atom stereocenters. The van der Waals surface area contributed by atoms with Crippen molar-refractivity contribution in [3.05, 3.63) is 0 Å². The Balaban J connectivity index is 1.46. The molecule has 2 aliphatic heterocycles. The third-order valence-electron chi connectivity index (χ3n) is 3.36. The molecule has 7 heteroatoms. The molecular formula is C14H23NO6. The summed E-state index contributed by atoms with van der Waals surface area (Å²) < 4.78 is 21.8. The highest BCUT2D eigenvalue weighted by Gasteiger charge is 2.32. The van der Waals surface area contributed by atoms with Gasteiger partial charge in [-0.3, -0.25) is 14.5 Å². The van der Waals surface area contributed by atoms with Crippen molar-refractivity contribution in [3.8, 4) is 0 Å².